The van der Waals surface area contributed by atoms with Gasteiger partial charge in [-0.25, -0.2) is 0 Å². The number of aromatic nitrogens is 1. The molecule has 106 valence electrons. The first-order valence-corrected chi connectivity index (χ1v) is 8.23. The van der Waals surface area contributed by atoms with Crippen molar-refractivity contribution in [2.24, 2.45) is 0 Å². The molecule has 0 aliphatic heterocycles. The number of nitrogens with zero attached hydrogens (tertiary/aromatic N) is 1. The van der Waals surface area contributed by atoms with E-state index in [0.29, 0.717) is 0 Å². The molecule has 4 heteroatoms. The van der Waals surface area contributed by atoms with E-state index in [2.05, 4.69) is 81.1 Å². The average molecular weight is 398 g/mol. The third-order valence-electron chi connectivity index (χ3n) is 3.25. The largest absolute Gasteiger partial charge is 0.305 e. The second-order valence-electron chi connectivity index (χ2n) is 4.87. The zero-order valence-electron chi connectivity index (χ0n) is 11.9. The van der Waals surface area contributed by atoms with E-state index in [9.17, 15) is 0 Å². The van der Waals surface area contributed by atoms with E-state index in [4.69, 9.17) is 0 Å². The lowest BCUT2D eigenvalue weighted by atomic mass is 9.96. The maximum Gasteiger partial charge on any atom is 0.0765 e. The molecule has 1 atom stereocenters. The molecule has 2 rings (SSSR count). The van der Waals surface area contributed by atoms with Gasteiger partial charge in [-0.1, -0.05) is 30.7 Å². The summed E-state index contributed by atoms with van der Waals surface area (Å²) in [6, 6.07) is 8.69. The van der Waals surface area contributed by atoms with Crippen molar-refractivity contribution in [2.45, 2.75) is 26.8 Å². The lowest BCUT2D eigenvalue weighted by molar-refractivity contribution is 0.610. The second-order valence-corrected chi connectivity index (χ2v) is 6.64. The Labute approximate surface area is 137 Å². The fourth-order valence-electron chi connectivity index (χ4n) is 2.35. The Hall–Kier alpha value is -0.710. The smallest absolute Gasteiger partial charge is 0.0765 e. The molecule has 1 N–H and O–H groups in total. The third kappa shape index (κ3) is 3.48. The molecule has 2 aromatic rings. The molecule has 0 spiro atoms. The Kier molecular flexibility index (Phi) is 5.35. The average Bonchev–Trinajstić information content (AvgIpc) is 2.37. The fourth-order valence-corrected chi connectivity index (χ4v) is 3.56. The van der Waals surface area contributed by atoms with E-state index in [1.807, 2.05) is 12.3 Å². The lowest BCUT2D eigenvalue weighted by Gasteiger charge is -2.21. The number of halogens is 2. The van der Waals surface area contributed by atoms with Crippen LogP contribution < -0.4 is 5.32 Å². The summed E-state index contributed by atoms with van der Waals surface area (Å²) in [5, 5.41) is 3.53. The predicted octanol–water partition coefficient (Wildman–Crippen LogP) is 4.92. The molecule has 20 heavy (non-hydrogen) atoms. The summed E-state index contributed by atoms with van der Waals surface area (Å²) in [4.78, 5) is 4.58. The van der Waals surface area contributed by atoms with Crippen LogP contribution in [0.5, 0.6) is 0 Å². The molecule has 0 bridgehead atoms. The van der Waals surface area contributed by atoms with Crippen molar-refractivity contribution in [3.63, 3.8) is 0 Å². The topological polar surface area (TPSA) is 24.9 Å². The van der Waals surface area contributed by atoms with Crippen LogP contribution in [0.15, 0.2) is 39.4 Å². The summed E-state index contributed by atoms with van der Waals surface area (Å²) in [6.07, 6.45) is 1.84. The van der Waals surface area contributed by atoms with Gasteiger partial charge in [0.2, 0.25) is 0 Å². The quantitative estimate of drug-likeness (QED) is 0.791. The first kappa shape index (κ1) is 15.7. The van der Waals surface area contributed by atoms with Crippen molar-refractivity contribution in [3.8, 4) is 0 Å². The van der Waals surface area contributed by atoms with Crippen molar-refractivity contribution in [2.75, 3.05) is 6.54 Å². The molecule has 0 fully saturated rings. The fraction of sp³-hybridized carbons (Fsp3) is 0.312. The maximum absolute atomic E-state index is 4.58. The maximum atomic E-state index is 4.58. The van der Waals surface area contributed by atoms with Crippen molar-refractivity contribution < 1.29 is 0 Å². The lowest BCUT2D eigenvalue weighted by Crippen LogP contribution is -2.24. The molecule has 0 saturated carbocycles. The molecule has 1 aromatic carbocycles. The van der Waals surface area contributed by atoms with Gasteiger partial charge in [-0.3, -0.25) is 4.98 Å². The van der Waals surface area contributed by atoms with Crippen LogP contribution in [0.2, 0.25) is 0 Å². The van der Waals surface area contributed by atoms with Crippen molar-refractivity contribution in [1.82, 2.24) is 10.3 Å². The van der Waals surface area contributed by atoms with Gasteiger partial charge in [0, 0.05) is 15.1 Å². The Bertz CT molecular complexity index is 560. The highest BCUT2D eigenvalue weighted by Crippen LogP contribution is 2.30. The van der Waals surface area contributed by atoms with E-state index >= 15 is 0 Å². The zero-order valence-corrected chi connectivity index (χ0v) is 15.0. The minimum Gasteiger partial charge on any atom is -0.305 e. The molecular formula is C16H18Br2N2. The van der Waals surface area contributed by atoms with Gasteiger partial charge in [-0.15, -0.1) is 0 Å². The van der Waals surface area contributed by atoms with Gasteiger partial charge in [0.1, 0.15) is 0 Å². The Morgan fingerprint density at radius 1 is 1.20 bits per heavy atom. The minimum atomic E-state index is 0.100. The number of hydrogen-bond acceptors (Lipinski definition) is 2. The van der Waals surface area contributed by atoms with Crippen LogP contribution >= 0.6 is 31.9 Å². The molecule has 1 heterocycles. The SMILES string of the molecule is CCNC(c1ccc(C)cc1C)c1ncc(Br)cc1Br. The second kappa shape index (κ2) is 6.83. The normalized spacial score (nSPS) is 12.4. The Morgan fingerprint density at radius 3 is 2.55 bits per heavy atom. The number of rotatable bonds is 4. The molecule has 0 saturated heterocycles. The summed E-state index contributed by atoms with van der Waals surface area (Å²) in [6.45, 7) is 7.28. The van der Waals surface area contributed by atoms with Gasteiger partial charge in [-0.05, 0) is 69.4 Å². The molecule has 0 amide bonds. The molecule has 0 radical (unpaired) electrons. The van der Waals surface area contributed by atoms with Gasteiger partial charge in [-0.2, -0.15) is 0 Å². The molecule has 2 nitrogen and oxygen atoms in total. The molecule has 0 aliphatic carbocycles. The van der Waals surface area contributed by atoms with Gasteiger partial charge < -0.3 is 5.32 Å². The number of nitrogens with one attached hydrogen (secondary N) is 1. The standard InChI is InChI=1S/C16H18Br2N2/c1-4-19-15(13-6-5-10(2)7-11(13)3)16-14(18)8-12(17)9-20-16/h5-9,15,19H,4H2,1-3H3. The van der Waals surface area contributed by atoms with Crippen molar-refractivity contribution >= 4 is 31.9 Å². The van der Waals surface area contributed by atoms with Crippen LogP contribution in [-0.2, 0) is 0 Å². The zero-order chi connectivity index (χ0) is 14.7. The number of hydrogen-bond donors (Lipinski definition) is 1. The predicted molar refractivity (Wildman–Crippen MR) is 91.1 cm³/mol. The summed E-state index contributed by atoms with van der Waals surface area (Å²) in [5.74, 6) is 0. The van der Waals surface area contributed by atoms with Crippen LogP contribution in [0.25, 0.3) is 0 Å². The number of pyridine rings is 1. The van der Waals surface area contributed by atoms with Gasteiger partial charge in [0.25, 0.3) is 0 Å². The van der Waals surface area contributed by atoms with Crippen LogP contribution in [0.1, 0.15) is 35.3 Å². The van der Waals surface area contributed by atoms with E-state index in [0.717, 1.165) is 21.2 Å². The van der Waals surface area contributed by atoms with E-state index in [-0.39, 0.29) is 6.04 Å². The van der Waals surface area contributed by atoms with Crippen molar-refractivity contribution in [3.05, 3.63) is 61.8 Å². The summed E-state index contributed by atoms with van der Waals surface area (Å²) >= 11 is 7.07. The highest BCUT2D eigenvalue weighted by Gasteiger charge is 2.19. The van der Waals surface area contributed by atoms with Crippen LogP contribution in [0, 0.1) is 13.8 Å². The van der Waals surface area contributed by atoms with E-state index in [1.165, 1.54) is 16.7 Å². The first-order chi connectivity index (χ1) is 9.52. The molecular weight excluding hydrogens is 380 g/mol. The molecule has 0 aliphatic rings. The van der Waals surface area contributed by atoms with Gasteiger partial charge >= 0.3 is 0 Å². The number of aryl methyl sites for hydroxylation is 2. The van der Waals surface area contributed by atoms with E-state index < -0.39 is 0 Å². The molecule has 1 unspecified atom stereocenters. The summed E-state index contributed by atoms with van der Waals surface area (Å²) < 4.78 is 1.99. The minimum absolute atomic E-state index is 0.100. The monoisotopic (exact) mass is 396 g/mol. The van der Waals surface area contributed by atoms with Gasteiger partial charge in [0.15, 0.2) is 0 Å². The molecule has 1 aromatic heterocycles. The van der Waals surface area contributed by atoms with Crippen LogP contribution in [-0.4, -0.2) is 11.5 Å². The van der Waals surface area contributed by atoms with Crippen molar-refractivity contribution in [1.29, 1.82) is 0 Å². The number of benzene rings is 1. The van der Waals surface area contributed by atoms with Crippen LogP contribution in [0.3, 0.4) is 0 Å². The summed E-state index contributed by atoms with van der Waals surface area (Å²) in [7, 11) is 0. The van der Waals surface area contributed by atoms with Gasteiger partial charge in [0.05, 0.1) is 11.7 Å². The first-order valence-electron chi connectivity index (χ1n) is 6.64. The van der Waals surface area contributed by atoms with E-state index in [1.54, 1.807) is 0 Å². The Balaban J connectivity index is 2.50. The summed E-state index contributed by atoms with van der Waals surface area (Å²) in [5.41, 5.74) is 4.85. The Morgan fingerprint density at radius 2 is 1.95 bits per heavy atom. The highest BCUT2D eigenvalue weighted by atomic mass is 79.9. The third-order valence-corrected chi connectivity index (χ3v) is 4.32. The van der Waals surface area contributed by atoms with Crippen LogP contribution in [0.4, 0.5) is 0 Å². The highest BCUT2D eigenvalue weighted by molar-refractivity contribution is 9.11.